The number of benzene rings is 2. The van der Waals surface area contributed by atoms with Crippen molar-refractivity contribution in [2.75, 3.05) is 7.11 Å². The first-order chi connectivity index (χ1) is 9.02. The van der Waals surface area contributed by atoms with Gasteiger partial charge in [0.15, 0.2) is 0 Å². The molecule has 2 aromatic rings. The summed E-state index contributed by atoms with van der Waals surface area (Å²) >= 11 is 3.28. The lowest BCUT2D eigenvalue weighted by Gasteiger charge is -2.16. The van der Waals surface area contributed by atoms with Crippen molar-refractivity contribution < 1.29 is 14.2 Å². The molecule has 0 saturated heterocycles. The molecule has 1 atom stereocenters. The van der Waals surface area contributed by atoms with Gasteiger partial charge >= 0.3 is 0 Å². The Hall–Kier alpha value is -1.39. The minimum absolute atomic E-state index is 0.252. The Morgan fingerprint density at radius 3 is 2.53 bits per heavy atom. The fourth-order valence-electron chi connectivity index (χ4n) is 1.97. The first-order valence-corrected chi connectivity index (χ1v) is 6.59. The summed E-state index contributed by atoms with van der Waals surface area (Å²) in [5.74, 6) is 0.286. The Balaban J connectivity index is 2.43. The molecule has 0 amide bonds. The molecule has 100 valence electrons. The van der Waals surface area contributed by atoms with Gasteiger partial charge in [-0.25, -0.2) is 4.39 Å². The quantitative estimate of drug-likeness (QED) is 0.925. The summed E-state index contributed by atoms with van der Waals surface area (Å²) in [4.78, 5) is 0. The van der Waals surface area contributed by atoms with Crippen LogP contribution in [0.1, 0.15) is 22.8 Å². The molecule has 0 fully saturated rings. The van der Waals surface area contributed by atoms with E-state index in [0.29, 0.717) is 11.3 Å². The van der Waals surface area contributed by atoms with Crippen molar-refractivity contribution >= 4 is 15.9 Å². The van der Waals surface area contributed by atoms with Crippen molar-refractivity contribution in [3.05, 3.63) is 63.4 Å². The first kappa shape index (κ1) is 14.0. The van der Waals surface area contributed by atoms with E-state index in [2.05, 4.69) is 15.9 Å². The van der Waals surface area contributed by atoms with Crippen molar-refractivity contribution in [3.8, 4) is 5.75 Å². The summed E-state index contributed by atoms with van der Waals surface area (Å²) in [6.45, 7) is 1.86. The summed E-state index contributed by atoms with van der Waals surface area (Å²) in [6, 6.07) is 9.84. The normalized spacial score (nSPS) is 12.3. The molecule has 2 aromatic carbocycles. The third kappa shape index (κ3) is 2.96. The third-order valence-electron chi connectivity index (χ3n) is 3.02. The lowest BCUT2D eigenvalue weighted by molar-refractivity contribution is 0.214. The predicted octanol–water partition coefficient (Wildman–Crippen LogP) is 3.99. The van der Waals surface area contributed by atoms with Crippen LogP contribution in [0.25, 0.3) is 0 Å². The molecule has 0 saturated carbocycles. The molecule has 0 bridgehead atoms. The lowest BCUT2D eigenvalue weighted by Crippen LogP contribution is -2.05. The van der Waals surface area contributed by atoms with E-state index in [9.17, 15) is 9.50 Å². The van der Waals surface area contributed by atoms with Gasteiger partial charge in [-0.05, 0) is 48.4 Å². The molecule has 4 heteroatoms. The monoisotopic (exact) mass is 324 g/mol. The highest BCUT2D eigenvalue weighted by atomic mass is 79.9. The Morgan fingerprint density at radius 1 is 1.16 bits per heavy atom. The van der Waals surface area contributed by atoms with Crippen molar-refractivity contribution in [2.45, 2.75) is 13.0 Å². The SMILES string of the molecule is COc1ccc(C(O)c2cc(Br)ccc2F)c(C)c1. The Kier molecular flexibility index (Phi) is 4.22. The second-order valence-electron chi connectivity index (χ2n) is 4.29. The summed E-state index contributed by atoms with van der Waals surface area (Å²) in [5, 5.41) is 10.3. The highest BCUT2D eigenvalue weighted by Crippen LogP contribution is 2.30. The molecule has 0 aliphatic carbocycles. The van der Waals surface area contributed by atoms with E-state index in [4.69, 9.17) is 4.74 Å². The topological polar surface area (TPSA) is 29.5 Å². The van der Waals surface area contributed by atoms with Crippen LogP contribution in [-0.2, 0) is 0 Å². The number of aliphatic hydroxyl groups is 1. The van der Waals surface area contributed by atoms with Gasteiger partial charge in [-0.15, -0.1) is 0 Å². The molecular weight excluding hydrogens is 311 g/mol. The largest absolute Gasteiger partial charge is 0.497 e. The Morgan fingerprint density at radius 2 is 1.89 bits per heavy atom. The maximum Gasteiger partial charge on any atom is 0.129 e. The van der Waals surface area contributed by atoms with Crippen LogP contribution in [-0.4, -0.2) is 12.2 Å². The number of aliphatic hydroxyl groups excluding tert-OH is 1. The molecule has 19 heavy (non-hydrogen) atoms. The van der Waals surface area contributed by atoms with Crippen molar-refractivity contribution in [3.63, 3.8) is 0 Å². The number of halogens is 2. The second kappa shape index (κ2) is 5.72. The summed E-state index contributed by atoms with van der Waals surface area (Å²) in [5.41, 5.74) is 1.77. The van der Waals surface area contributed by atoms with Crippen LogP contribution in [0.15, 0.2) is 40.9 Å². The van der Waals surface area contributed by atoms with Gasteiger partial charge in [0.2, 0.25) is 0 Å². The van der Waals surface area contributed by atoms with E-state index in [1.807, 2.05) is 13.0 Å². The molecule has 2 rings (SSSR count). The van der Waals surface area contributed by atoms with Gasteiger partial charge in [0.05, 0.1) is 7.11 Å². The average Bonchev–Trinajstić information content (AvgIpc) is 2.40. The van der Waals surface area contributed by atoms with Gasteiger partial charge in [-0.1, -0.05) is 22.0 Å². The average molecular weight is 325 g/mol. The smallest absolute Gasteiger partial charge is 0.129 e. The third-order valence-corrected chi connectivity index (χ3v) is 3.52. The molecule has 2 nitrogen and oxygen atoms in total. The molecule has 1 unspecified atom stereocenters. The maximum atomic E-state index is 13.8. The first-order valence-electron chi connectivity index (χ1n) is 5.80. The number of hydrogen-bond donors (Lipinski definition) is 1. The Bertz CT molecular complexity index is 599. The lowest BCUT2D eigenvalue weighted by atomic mass is 9.97. The van der Waals surface area contributed by atoms with E-state index in [1.54, 1.807) is 31.4 Å². The second-order valence-corrected chi connectivity index (χ2v) is 5.21. The number of rotatable bonds is 3. The van der Waals surface area contributed by atoms with Gasteiger partial charge in [-0.2, -0.15) is 0 Å². The minimum Gasteiger partial charge on any atom is -0.497 e. The molecule has 0 spiro atoms. The highest BCUT2D eigenvalue weighted by Gasteiger charge is 2.17. The molecule has 0 heterocycles. The van der Waals surface area contributed by atoms with E-state index in [0.717, 1.165) is 10.0 Å². The van der Waals surface area contributed by atoms with Gasteiger partial charge in [0.1, 0.15) is 17.7 Å². The fourth-order valence-corrected chi connectivity index (χ4v) is 2.35. The summed E-state index contributed by atoms with van der Waals surface area (Å²) < 4.78 is 19.6. The number of ether oxygens (including phenoxy) is 1. The van der Waals surface area contributed by atoms with Crippen LogP contribution in [0.5, 0.6) is 5.75 Å². The fraction of sp³-hybridized carbons (Fsp3) is 0.200. The van der Waals surface area contributed by atoms with Crippen LogP contribution in [0.3, 0.4) is 0 Å². The zero-order valence-corrected chi connectivity index (χ0v) is 12.2. The van der Waals surface area contributed by atoms with Crippen LogP contribution < -0.4 is 4.74 Å². The summed E-state index contributed by atoms with van der Waals surface area (Å²) in [6.07, 6.45) is -0.997. The number of hydrogen-bond acceptors (Lipinski definition) is 2. The zero-order chi connectivity index (χ0) is 14.0. The number of aryl methyl sites for hydroxylation is 1. The predicted molar refractivity (Wildman–Crippen MR) is 75.9 cm³/mol. The van der Waals surface area contributed by atoms with Gasteiger partial charge in [-0.3, -0.25) is 0 Å². The highest BCUT2D eigenvalue weighted by molar-refractivity contribution is 9.10. The van der Waals surface area contributed by atoms with Gasteiger partial charge in [0, 0.05) is 10.0 Å². The van der Waals surface area contributed by atoms with Gasteiger partial charge in [0.25, 0.3) is 0 Å². The molecule has 0 aliphatic heterocycles. The molecule has 0 aromatic heterocycles. The number of methoxy groups -OCH3 is 1. The molecule has 0 aliphatic rings. The van der Waals surface area contributed by atoms with E-state index in [-0.39, 0.29) is 5.56 Å². The minimum atomic E-state index is -0.997. The summed E-state index contributed by atoms with van der Waals surface area (Å²) in [7, 11) is 1.58. The van der Waals surface area contributed by atoms with Crippen molar-refractivity contribution in [2.24, 2.45) is 0 Å². The van der Waals surface area contributed by atoms with E-state index >= 15 is 0 Å². The van der Waals surface area contributed by atoms with E-state index in [1.165, 1.54) is 6.07 Å². The van der Waals surface area contributed by atoms with Gasteiger partial charge < -0.3 is 9.84 Å². The van der Waals surface area contributed by atoms with Crippen molar-refractivity contribution in [1.82, 2.24) is 0 Å². The van der Waals surface area contributed by atoms with Crippen LogP contribution in [0.4, 0.5) is 4.39 Å². The van der Waals surface area contributed by atoms with Crippen LogP contribution in [0, 0.1) is 12.7 Å². The zero-order valence-electron chi connectivity index (χ0n) is 10.7. The van der Waals surface area contributed by atoms with Crippen molar-refractivity contribution in [1.29, 1.82) is 0 Å². The van der Waals surface area contributed by atoms with E-state index < -0.39 is 11.9 Å². The van der Waals surface area contributed by atoms with Crippen LogP contribution >= 0.6 is 15.9 Å². The standard InChI is InChI=1S/C15H14BrFO2/c1-9-7-11(19-2)4-5-12(9)15(18)13-8-10(16)3-6-14(13)17/h3-8,15,18H,1-2H3. The Labute approximate surface area is 120 Å². The van der Waals surface area contributed by atoms with Crippen LogP contribution in [0.2, 0.25) is 0 Å². The molecular formula is C15H14BrFO2. The molecule has 0 radical (unpaired) electrons. The molecule has 1 N–H and O–H groups in total. The maximum absolute atomic E-state index is 13.8.